The van der Waals surface area contributed by atoms with Crippen LogP contribution in [0.1, 0.15) is 27.7 Å². The minimum absolute atomic E-state index is 0.135. The van der Waals surface area contributed by atoms with Gasteiger partial charge in [0.2, 0.25) is 0 Å². The molecule has 16 heavy (non-hydrogen) atoms. The molecule has 0 bridgehead atoms. The summed E-state index contributed by atoms with van der Waals surface area (Å²) in [5.74, 6) is 0. The second-order valence-corrected chi connectivity index (χ2v) is 4.37. The van der Waals surface area contributed by atoms with Crippen LogP contribution in [-0.2, 0) is 0 Å². The van der Waals surface area contributed by atoms with Crippen molar-refractivity contribution in [1.82, 2.24) is 0 Å². The number of non-ortho nitro benzene ring substituents is 1. The first-order chi connectivity index (χ1) is 7.43. The summed E-state index contributed by atoms with van der Waals surface area (Å²) in [6.07, 6.45) is 0. The summed E-state index contributed by atoms with van der Waals surface area (Å²) < 4.78 is 0. The van der Waals surface area contributed by atoms with Crippen LogP contribution >= 0.6 is 0 Å². The molecule has 0 aliphatic carbocycles. The van der Waals surface area contributed by atoms with Gasteiger partial charge in [0, 0.05) is 29.9 Å². The summed E-state index contributed by atoms with van der Waals surface area (Å²) in [5.41, 5.74) is 1.16. The van der Waals surface area contributed by atoms with Crippen LogP contribution in [0.4, 0.5) is 11.4 Å². The molecule has 1 aromatic carbocycles. The van der Waals surface area contributed by atoms with Crippen molar-refractivity contribution in [3.8, 4) is 0 Å². The third kappa shape index (κ3) is 2.72. The van der Waals surface area contributed by atoms with Crippen LogP contribution in [-0.4, -0.2) is 17.0 Å². The van der Waals surface area contributed by atoms with Gasteiger partial charge < -0.3 is 4.90 Å². The second-order valence-electron chi connectivity index (χ2n) is 4.37. The van der Waals surface area contributed by atoms with Crippen LogP contribution < -0.4 is 4.90 Å². The lowest BCUT2D eigenvalue weighted by Gasteiger charge is -2.32. The van der Waals surface area contributed by atoms with Crippen molar-refractivity contribution in [2.45, 2.75) is 39.8 Å². The van der Waals surface area contributed by atoms with Crippen LogP contribution in [0.2, 0.25) is 0 Å². The molecule has 88 valence electrons. The SMILES string of the molecule is CC(C)N(c1ccc([N+](=O)[O-])cc1)C(C)C. The zero-order chi connectivity index (χ0) is 12.3. The van der Waals surface area contributed by atoms with Gasteiger partial charge in [0.25, 0.3) is 5.69 Å². The van der Waals surface area contributed by atoms with Crippen LogP contribution in [0.3, 0.4) is 0 Å². The number of nitrogens with zero attached hydrogens (tertiary/aromatic N) is 2. The Labute approximate surface area is 96.0 Å². The van der Waals surface area contributed by atoms with Gasteiger partial charge in [-0.1, -0.05) is 0 Å². The van der Waals surface area contributed by atoms with E-state index < -0.39 is 0 Å². The molecule has 4 nitrogen and oxygen atoms in total. The van der Waals surface area contributed by atoms with Gasteiger partial charge in [0.05, 0.1) is 4.92 Å². The van der Waals surface area contributed by atoms with E-state index in [0.29, 0.717) is 12.1 Å². The molecule has 1 rings (SSSR count). The highest BCUT2D eigenvalue weighted by atomic mass is 16.6. The first-order valence-corrected chi connectivity index (χ1v) is 5.46. The fraction of sp³-hybridized carbons (Fsp3) is 0.500. The Morgan fingerprint density at radius 3 is 1.81 bits per heavy atom. The molecule has 0 fully saturated rings. The molecule has 4 heteroatoms. The standard InChI is InChI=1S/C12H18N2O2/c1-9(2)13(10(3)4)11-5-7-12(8-6-11)14(15)16/h5-10H,1-4H3. The molecule has 0 N–H and O–H groups in total. The van der Waals surface area contributed by atoms with E-state index >= 15 is 0 Å². The molecular weight excluding hydrogens is 204 g/mol. The smallest absolute Gasteiger partial charge is 0.269 e. The lowest BCUT2D eigenvalue weighted by molar-refractivity contribution is -0.384. The largest absolute Gasteiger partial charge is 0.367 e. The van der Waals surface area contributed by atoms with Crippen molar-refractivity contribution in [3.63, 3.8) is 0 Å². The average Bonchev–Trinajstić information content (AvgIpc) is 2.17. The van der Waals surface area contributed by atoms with E-state index in [0.717, 1.165) is 5.69 Å². The van der Waals surface area contributed by atoms with Crippen molar-refractivity contribution < 1.29 is 4.92 Å². The Morgan fingerprint density at radius 1 is 1.06 bits per heavy atom. The predicted molar refractivity (Wildman–Crippen MR) is 65.8 cm³/mol. The Bertz CT molecular complexity index is 350. The van der Waals surface area contributed by atoms with Gasteiger partial charge in [-0.3, -0.25) is 10.1 Å². The minimum atomic E-state index is -0.376. The van der Waals surface area contributed by atoms with E-state index in [1.54, 1.807) is 24.3 Å². The molecule has 0 heterocycles. The van der Waals surface area contributed by atoms with Gasteiger partial charge in [-0.15, -0.1) is 0 Å². The zero-order valence-electron chi connectivity index (χ0n) is 10.2. The van der Waals surface area contributed by atoms with Gasteiger partial charge >= 0.3 is 0 Å². The summed E-state index contributed by atoms with van der Waals surface area (Å²) in [4.78, 5) is 12.4. The number of nitro benzene ring substituents is 1. The molecule has 0 aliphatic heterocycles. The van der Waals surface area contributed by atoms with Gasteiger partial charge in [0.15, 0.2) is 0 Å². The number of hydrogen-bond acceptors (Lipinski definition) is 3. The van der Waals surface area contributed by atoms with Crippen molar-refractivity contribution in [2.24, 2.45) is 0 Å². The molecule has 1 aromatic rings. The van der Waals surface area contributed by atoms with Crippen LogP contribution in [0, 0.1) is 10.1 Å². The predicted octanol–water partition coefficient (Wildman–Crippen LogP) is 3.22. The first kappa shape index (κ1) is 12.5. The van der Waals surface area contributed by atoms with Crippen molar-refractivity contribution >= 4 is 11.4 Å². The number of rotatable bonds is 4. The minimum Gasteiger partial charge on any atom is -0.367 e. The Balaban J connectivity index is 2.99. The molecule has 0 aromatic heterocycles. The lowest BCUT2D eigenvalue weighted by atomic mass is 10.2. The molecule has 0 unspecified atom stereocenters. The quantitative estimate of drug-likeness (QED) is 0.580. The summed E-state index contributed by atoms with van der Waals surface area (Å²) in [6.45, 7) is 8.45. The highest BCUT2D eigenvalue weighted by Gasteiger charge is 2.15. The summed E-state index contributed by atoms with van der Waals surface area (Å²) >= 11 is 0. The summed E-state index contributed by atoms with van der Waals surface area (Å²) in [6, 6.07) is 7.46. The highest BCUT2D eigenvalue weighted by molar-refractivity contribution is 5.52. The fourth-order valence-electron chi connectivity index (χ4n) is 1.94. The molecule has 0 saturated carbocycles. The zero-order valence-corrected chi connectivity index (χ0v) is 10.2. The van der Waals surface area contributed by atoms with Gasteiger partial charge in [-0.25, -0.2) is 0 Å². The van der Waals surface area contributed by atoms with Crippen LogP contribution in [0.25, 0.3) is 0 Å². The molecule has 0 radical (unpaired) electrons. The highest BCUT2D eigenvalue weighted by Crippen LogP contribution is 2.23. The normalized spacial score (nSPS) is 10.9. The molecule has 0 aliphatic rings. The molecule has 0 saturated heterocycles. The van der Waals surface area contributed by atoms with Gasteiger partial charge in [0.1, 0.15) is 0 Å². The number of hydrogen-bond donors (Lipinski definition) is 0. The van der Waals surface area contributed by atoms with Crippen molar-refractivity contribution in [3.05, 3.63) is 34.4 Å². The van der Waals surface area contributed by atoms with E-state index in [9.17, 15) is 10.1 Å². The fourth-order valence-corrected chi connectivity index (χ4v) is 1.94. The number of nitro groups is 1. The Kier molecular flexibility index (Phi) is 3.88. The van der Waals surface area contributed by atoms with E-state index in [1.165, 1.54) is 0 Å². The Morgan fingerprint density at radius 2 is 1.50 bits per heavy atom. The lowest BCUT2D eigenvalue weighted by Crippen LogP contribution is -2.36. The topological polar surface area (TPSA) is 46.4 Å². The van der Waals surface area contributed by atoms with E-state index in [2.05, 4.69) is 32.6 Å². The third-order valence-electron chi connectivity index (χ3n) is 2.47. The van der Waals surface area contributed by atoms with Crippen molar-refractivity contribution in [2.75, 3.05) is 4.90 Å². The van der Waals surface area contributed by atoms with Crippen molar-refractivity contribution in [1.29, 1.82) is 0 Å². The molecule has 0 amide bonds. The maximum atomic E-state index is 10.5. The third-order valence-corrected chi connectivity index (χ3v) is 2.47. The Hall–Kier alpha value is -1.58. The summed E-state index contributed by atoms with van der Waals surface area (Å²) in [5, 5.41) is 10.5. The van der Waals surface area contributed by atoms with Crippen LogP contribution in [0.5, 0.6) is 0 Å². The molecule has 0 spiro atoms. The van der Waals surface area contributed by atoms with Crippen LogP contribution in [0.15, 0.2) is 24.3 Å². The average molecular weight is 222 g/mol. The maximum absolute atomic E-state index is 10.5. The van der Waals surface area contributed by atoms with E-state index in [1.807, 2.05) is 0 Å². The van der Waals surface area contributed by atoms with Gasteiger partial charge in [-0.2, -0.15) is 0 Å². The number of anilines is 1. The van der Waals surface area contributed by atoms with Gasteiger partial charge in [-0.05, 0) is 39.8 Å². The summed E-state index contributed by atoms with van der Waals surface area (Å²) in [7, 11) is 0. The molecular formula is C12H18N2O2. The monoisotopic (exact) mass is 222 g/mol. The van der Waals surface area contributed by atoms with E-state index in [4.69, 9.17) is 0 Å². The number of benzene rings is 1. The first-order valence-electron chi connectivity index (χ1n) is 5.46. The molecule has 0 atom stereocenters. The second kappa shape index (κ2) is 4.96. The maximum Gasteiger partial charge on any atom is 0.269 e. The van der Waals surface area contributed by atoms with E-state index in [-0.39, 0.29) is 10.6 Å².